The van der Waals surface area contributed by atoms with E-state index in [0.29, 0.717) is 18.4 Å². The van der Waals surface area contributed by atoms with Crippen LogP contribution in [0.5, 0.6) is 0 Å². The van der Waals surface area contributed by atoms with Crippen molar-refractivity contribution in [2.45, 2.75) is 32.0 Å². The van der Waals surface area contributed by atoms with Crippen molar-refractivity contribution in [3.8, 4) is 0 Å². The van der Waals surface area contributed by atoms with Gasteiger partial charge in [-0.3, -0.25) is 0 Å². The lowest BCUT2D eigenvalue weighted by atomic mass is 9.77. The SMILES string of the molecule is C[C@H]1CC2(CCC1CO)OCCO2. The van der Waals surface area contributed by atoms with Gasteiger partial charge in [-0.2, -0.15) is 0 Å². The van der Waals surface area contributed by atoms with E-state index >= 15 is 0 Å². The predicted octanol–water partition coefficient (Wildman–Crippen LogP) is 1.16. The van der Waals surface area contributed by atoms with Crippen molar-refractivity contribution in [1.29, 1.82) is 0 Å². The van der Waals surface area contributed by atoms with Crippen molar-refractivity contribution in [2.75, 3.05) is 19.8 Å². The molecule has 1 unspecified atom stereocenters. The van der Waals surface area contributed by atoms with Gasteiger partial charge in [-0.25, -0.2) is 0 Å². The van der Waals surface area contributed by atoms with E-state index in [1.807, 2.05) is 0 Å². The Morgan fingerprint density at radius 3 is 2.62 bits per heavy atom. The largest absolute Gasteiger partial charge is 0.396 e. The van der Waals surface area contributed by atoms with Crippen LogP contribution >= 0.6 is 0 Å². The van der Waals surface area contributed by atoms with Crippen LogP contribution in [-0.2, 0) is 9.47 Å². The molecule has 2 fully saturated rings. The first kappa shape index (κ1) is 9.44. The lowest BCUT2D eigenvalue weighted by molar-refractivity contribution is -0.195. The van der Waals surface area contributed by atoms with Gasteiger partial charge in [0.15, 0.2) is 5.79 Å². The van der Waals surface area contributed by atoms with Crippen molar-refractivity contribution in [1.82, 2.24) is 0 Å². The molecule has 13 heavy (non-hydrogen) atoms. The predicted molar refractivity (Wildman–Crippen MR) is 48.2 cm³/mol. The van der Waals surface area contributed by atoms with Gasteiger partial charge < -0.3 is 14.6 Å². The number of aliphatic hydroxyl groups is 1. The van der Waals surface area contributed by atoms with Crippen LogP contribution in [0.25, 0.3) is 0 Å². The average Bonchev–Trinajstić information content (AvgIpc) is 2.54. The van der Waals surface area contributed by atoms with E-state index in [9.17, 15) is 0 Å². The van der Waals surface area contributed by atoms with Crippen LogP contribution in [0.2, 0.25) is 0 Å². The van der Waals surface area contributed by atoms with Gasteiger partial charge in [0.25, 0.3) is 0 Å². The number of ether oxygens (including phenoxy) is 2. The molecule has 1 spiro atoms. The highest BCUT2D eigenvalue weighted by molar-refractivity contribution is 4.85. The van der Waals surface area contributed by atoms with Crippen LogP contribution in [0, 0.1) is 11.8 Å². The van der Waals surface area contributed by atoms with Crippen LogP contribution < -0.4 is 0 Å². The van der Waals surface area contributed by atoms with Crippen molar-refractivity contribution < 1.29 is 14.6 Å². The van der Waals surface area contributed by atoms with Gasteiger partial charge in [0.05, 0.1) is 13.2 Å². The molecule has 0 radical (unpaired) electrons. The minimum atomic E-state index is -0.287. The van der Waals surface area contributed by atoms with Gasteiger partial charge in [-0.1, -0.05) is 6.92 Å². The van der Waals surface area contributed by atoms with Crippen molar-refractivity contribution >= 4 is 0 Å². The second kappa shape index (κ2) is 3.56. The topological polar surface area (TPSA) is 38.7 Å². The molecule has 2 rings (SSSR count). The monoisotopic (exact) mass is 186 g/mol. The molecule has 0 amide bonds. The second-order valence-electron chi connectivity index (χ2n) is 4.27. The normalized spacial score (nSPS) is 38.3. The van der Waals surface area contributed by atoms with Crippen LogP contribution in [0.1, 0.15) is 26.2 Å². The molecule has 1 N–H and O–H groups in total. The van der Waals surface area contributed by atoms with Gasteiger partial charge in [-0.15, -0.1) is 0 Å². The Kier molecular flexibility index (Phi) is 2.58. The molecule has 3 heteroatoms. The first-order chi connectivity index (χ1) is 6.26. The highest BCUT2D eigenvalue weighted by Gasteiger charge is 2.43. The van der Waals surface area contributed by atoms with Crippen molar-refractivity contribution in [3.05, 3.63) is 0 Å². The van der Waals surface area contributed by atoms with E-state index in [1.54, 1.807) is 0 Å². The van der Waals surface area contributed by atoms with Gasteiger partial charge in [0.2, 0.25) is 0 Å². The van der Waals surface area contributed by atoms with Gasteiger partial charge in [0, 0.05) is 19.4 Å². The van der Waals surface area contributed by atoms with Gasteiger partial charge >= 0.3 is 0 Å². The molecule has 0 aromatic heterocycles. The van der Waals surface area contributed by atoms with Crippen LogP contribution in [0.3, 0.4) is 0 Å². The lowest BCUT2D eigenvalue weighted by Crippen LogP contribution is -2.40. The summed E-state index contributed by atoms with van der Waals surface area (Å²) in [6.07, 6.45) is 2.92. The molecule has 1 aliphatic heterocycles. The van der Waals surface area contributed by atoms with E-state index in [0.717, 1.165) is 32.5 Å². The first-order valence-electron chi connectivity index (χ1n) is 5.14. The highest BCUT2D eigenvalue weighted by Crippen LogP contribution is 2.41. The second-order valence-corrected chi connectivity index (χ2v) is 4.27. The molecule has 2 aliphatic rings. The average molecular weight is 186 g/mol. The number of hydrogen-bond donors (Lipinski definition) is 1. The zero-order valence-corrected chi connectivity index (χ0v) is 8.16. The standard InChI is InChI=1S/C10H18O3/c1-8-6-10(12-4-5-13-10)3-2-9(8)7-11/h8-9,11H,2-7H2,1H3/t8-,9?/m0/s1. The van der Waals surface area contributed by atoms with E-state index in [-0.39, 0.29) is 5.79 Å². The fraction of sp³-hybridized carbons (Fsp3) is 1.00. The Morgan fingerprint density at radius 2 is 2.08 bits per heavy atom. The van der Waals surface area contributed by atoms with E-state index < -0.39 is 0 Å². The highest BCUT2D eigenvalue weighted by atomic mass is 16.7. The smallest absolute Gasteiger partial charge is 0.168 e. The summed E-state index contributed by atoms with van der Waals surface area (Å²) in [6.45, 7) is 3.94. The zero-order valence-electron chi connectivity index (χ0n) is 8.16. The van der Waals surface area contributed by atoms with E-state index in [4.69, 9.17) is 14.6 Å². The van der Waals surface area contributed by atoms with Gasteiger partial charge in [-0.05, 0) is 18.3 Å². The first-order valence-corrected chi connectivity index (χ1v) is 5.14. The molecule has 1 saturated heterocycles. The minimum Gasteiger partial charge on any atom is -0.396 e. The third-order valence-corrected chi connectivity index (χ3v) is 3.38. The van der Waals surface area contributed by atoms with Crippen molar-refractivity contribution in [2.24, 2.45) is 11.8 Å². The molecular formula is C10H18O3. The van der Waals surface area contributed by atoms with E-state index in [2.05, 4.69) is 6.92 Å². The van der Waals surface area contributed by atoms with E-state index in [1.165, 1.54) is 0 Å². The Balaban J connectivity index is 1.97. The third-order valence-electron chi connectivity index (χ3n) is 3.38. The maximum absolute atomic E-state index is 9.11. The molecule has 2 atom stereocenters. The van der Waals surface area contributed by atoms with Crippen LogP contribution in [0.15, 0.2) is 0 Å². The lowest BCUT2D eigenvalue weighted by Gasteiger charge is -2.38. The Labute approximate surface area is 79.0 Å². The fourth-order valence-corrected chi connectivity index (χ4v) is 2.48. The quantitative estimate of drug-likeness (QED) is 0.668. The molecular weight excluding hydrogens is 168 g/mol. The molecule has 1 saturated carbocycles. The summed E-state index contributed by atoms with van der Waals surface area (Å²) in [6, 6.07) is 0. The van der Waals surface area contributed by atoms with Gasteiger partial charge in [0.1, 0.15) is 0 Å². The molecule has 3 nitrogen and oxygen atoms in total. The zero-order chi connectivity index (χ0) is 9.31. The maximum atomic E-state index is 9.11. The Hall–Kier alpha value is -0.120. The summed E-state index contributed by atoms with van der Waals surface area (Å²) in [5, 5.41) is 9.11. The summed E-state index contributed by atoms with van der Waals surface area (Å²) >= 11 is 0. The summed E-state index contributed by atoms with van der Waals surface area (Å²) in [5.74, 6) is 0.667. The number of hydrogen-bond acceptors (Lipinski definition) is 3. The van der Waals surface area contributed by atoms with Crippen LogP contribution in [0.4, 0.5) is 0 Å². The summed E-state index contributed by atoms with van der Waals surface area (Å²) in [5.41, 5.74) is 0. The van der Waals surface area contributed by atoms with Crippen molar-refractivity contribution in [3.63, 3.8) is 0 Å². The summed E-state index contributed by atoms with van der Waals surface area (Å²) in [4.78, 5) is 0. The minimum absolute atomic E-state index is 0.287. The summed E-state index contributed by atoms with van der Waals surface area (Å²) < 4.78 is 11.3. The Bertz CT molecular complexity index is 175. The molecule has 1 heterocycles. The molecule has 0 aromatic carbocycles. The summed E-state index contributed by atoms with van der Waals surface area (Å²) in [7, 11) is 0. The maximum Gasteiger partial charge on any atom is 0.168 e. The Morgan fingerprint density at radius 1 is 1.38 bits per heavy atom. The number of aliphatic hydroxyl groups excluding tert-OH is 1. The molecule has 0 aromatic rings. The fourth-order valence-electron chi connectivity index (χ4n) is 2.48. The number of rotatable bonds is 1. The third kappa shape index (κ3) is 1.73. The molecule has 76 valence electrons. The van der Waals surface area contributed by atoms with Crippen LogP contribution in [-0.4, -0.2) is 30.7 Å². The molecule has 0 bridgehead atoms. The molecule has 1 aliphatic carbocycles.